The molecule has 0 saturated heterocycles. The lowest BCUT2D eigenvalue weighted by atomic mass is 9.88. The molecule has 10 heavy (non-hydrogen) atoms. The summed E-state index contributed by atoms with van der Waals surface area (Å²) in [7, 11) is 0. The predicted molar refractivity (Wildman–Crippen MR) is 41.6 cm³/mol. The maximum atomic E-state index is 2.37. The second kappa shape index (κ2) is 1.55. The molecule has 0 aromatic heterocycles. The van der Waals surface area contributed by atoms with E-state index in [2.05, 4.69) is 12.2 Å². The van der Waals surface area contributed by atoms with Crippen LogP contribution in [0.3, 0.4) is 0 Å². The van der Waals surface area contributed by atoms with Gasteiger partial charge in [0.1, 0.15) is 0 Å². The fourth-order valence-electron chi connectivity index (χ4n) is 2.90. The Morgan fingerprint density at radius 1 is 1.40 bits per heavy atom. The van der Waals surface area contributed by atoms with E-state index in [4.69, 9.17) is 0 Å². The molecule has 0 aromatic carbocycles. The highest BCUT2D eigenvalue weighted by Gasteiger charge is 2.38. The van der Waals surface area contributed by atoms with Gasteiger partial charge >= 0.3 is 0 Å². The molecule has 0 spiro atoms. The lowest BCUT2D eigenvalue weighted by molar-refractivity contribution is 0.423. The van der Waals surface area contributed by atoms with Gasteiger partial charge in [-0.15, -0.1) is 0 Å². The first kappa shape index (κ1) is 5.17. The summed E-state index contributed by atoms with van der Waals surface area (Å²) in [5.74, 6) is 2.03. The maximum Gasteiger partial charge on any atom is -0.00963 e. The Labute approximate surface area is 61.6 Å². The second-order valence-corrected chi connectivity index (χ2v) is 3.81. The van der Waals surface area contributed by atoms with Crippen LogP contribution in [0.2, 0.25) is 0 Å². The van der Waals surface area contributed by atoms with Gasteiger partial charge in [-0.3, -0.25) is 0 Å². The molecule has 2 atom stereocenters. The van der Waals surface area contributed by atoms with Crippen molar-refractivity contribution in [1.82, 2.24) is 0 Å². The van der Waals surface area contributed by atoms with Gasteiger partial charge in [-0.2, -0.15) is 0 Å². The van der Waals surface area contributed by atoms with E-state index in [1.165, 1.54) is 25.7 Å². The molecule has 0 N–H and O–H groups in total. The topological polar surface area (TPSA) is 0 Å². The minimum absolute atomic E-state index is 0.976. The molecule has 0 heteroatoms. The number of allylic oxidation sites excluding steroid dienone is 4. The summed E-state index contributed by atoms with van der Waals surface area (Å²) in [6, 6.07) is 0. The van der Waals surface area contributed by atoms with Gasteiger partial charge in [0.15, 0.2) is 0 Å². The number of fused-ring (bicyclic) bond motifs is 4. The van der Waals surface area contributed by atoms with Crippen LogP contribution in [0.25, 0.3) is 0 Å². The molecule has 0 aliphatic heterocycles. The van der Waals surface area contributed by atoms with Crippen molar-refractivity contribution in [3.05, 3.63) is 23.3 Å². The first-order chi connectivity index (χ1) is 4.95. The zero-order valence-electron chi connectivity index (χ0n) is 6.14. The van der Waals surface area contributed by atoms with Crippen molar-refractivity contribution in [1.29, 1.82) is 0 Å². The van der Waals surface area contributed by atoms with Crippen LogP contribution in [0.1, 0.15) is 25.7 Å². The summed E-state index contributed by atoms with van der Waals surface area (Å²) in [6.07, 6.45) is 10.4. The van der Waals surface area contributed by atoms with Gasteiger partial charge in [-0.05, 0) is 43.1 Å². The molecule has 1 saturated carbocycles. The van der Waals surface area contributed by atoms with Gasteiger partial charge < -0.3 is 0 Å². The van der Waals surface area contributed by atoms with E-state index in [0.717, 1.165) is 11.8 Å². The molecule has 0 amide bonds. The molecule has 2 bridgehead atoms. The molecular weight excluding hydrogens is 120 g/mol. The SMILES string of the molecule is C1=CC2=C3CCC(C3)C2C1. The van der Waals surface area contributed by atoms with Crippen LogP contribution in [0.15, 0.2) is 23.3 Å². The smallest absolute Gasteiger partial charge is 0.00963 e. The monoisotopic (exact) mass is 132 g/mol. The van der Waals surface area contributed by atoms with Crippen molar-refractivity contribution >= 4 is 0 Å². The van der Waals surface area contributed by atoms with Crippen LogP contribution in [-0.4, -0.2) is 0 Å². The van der Waals surface area contributed by atoms with Crippen molar-refractivity contribution in [3.63, 3.8) is 0 Å². The van der Waals surface area contributed by atoms with Crippen molar-refractivity contribution in [2.24, 2.45) is 11.8 Å². The summed E-state index contributed by atoms with van der Waals surface area (Å²) in [4.78, 5) is 0. The normalized spacial score (nSPS) is 41.6. The highest BCUT2D eigenvalue weighted by molar-refractivity contribution is 5.40. The summed E-state index contributed by atoms with van der Waals surface area (Å²) in [5.41, 5.74) is 3.53. The fourth-order valence-corrected chi connectivity index (χ4v) is 2.90. The zero-order valence-corrected chi connectivity index (χ0v) is 6.14. The molecule has 0 heterocycles. The molecule has 3 aliphatic carbocycles. The van der Waals surface area contributed by atoms with Crippen LogP contribution < -0.4 is 0 Å². The minimum Gasteiger partial charge on any atom is -0.0836 e. The zero-order chi connectivity index (χ0) is 6.55. The first-order valence-electron chi connectivity index (χ1n) is 4.33. The van der Waals surface area contributed by atoms with Gasteiger partial charge in [0.05, 0.1) is 0 Å². The van der Waals surface area contributed by atoms with Crippen molar-refractivity contribution in [2.75, 3.05) is 0 Å². The van der Waals surface area contributed by atoms with E-state index in [-0.39, 0.29) is 0 Å². The third-order valence-corrected chi connectivity index (χ3v) is 3.39. The molecule has 2 unspecified atom stereocenters. The van der Waals surface area contributed by atoms with E-state index in [1.807, 2.05) is 0 Å². The van der Waals surface area contributed by atoms with Crippen LogP contribution in [0.5, 0.6) is 0 Å². The minimum atomic E-state index is 0.976. The van der Waals surface area contributed by atoms with Gasteiger partial charge in [0, 0.05) is 0 Å². The summed E-state index contributed by atoms with van der Waals surface area (Å²) >= 11 is 0. The summed E-state index contributed by atoms with van der Waals surface area (Å²) < 4.78 is 0. The number of hydrogen-bond donors (Lipinski definition) is 0. The highest BCUT2D eigenvalue weighted by Crippen LogP contribution is 2.52. The van der Waals surface area contributed by atoms with Crippen molar-refractivity contribution < 1.29 is 0 Å². The van der Waals surface area contributed by atoms with E-state index < -0.39 is 0 Å². The average molecular weight is 132 g/mol. The maximum absolute atomic E-state index is 2.37. The van der Waals surface area contributed by atoms with Gasteiger partial charge in [0.2, 0.25) is 0 Å². The van der Waals surface area contributed by atoms with Crippen LogP contribution >= 0.6 is 0 Å². The van der Waals surface area contributed by atoms with E-state index in [9.17, 15) is 0 Å². The molecule has 52 valence electrons. The molecule has 0 nitrogen and oxygen atoms in total. The van der Waals surface area contributed by atoms with E-state index >= 15 is 0 Å². The Balaban J connectivity index is 2.15. The Kier molecular flexibility index (Phi) is 0.803. The van der Waals surface area contributed by atoms with Gasteiger partial charge in [-0.25, -0.2) is 0 Å². The highest BCUT2D eigenvalue weighted by atomic mass is 14.4. The Bertz CT molecular complexity index is 232. The molecular formula is C10H12. The molecule has 3 aliphatic rings. The predicted octanol–water partition coefficient (Wildman–Crippen LogP) is 2.67. The van der Waals surface area contributed by atoms with Crippen molar-refractivity contribution in [3.8, 4) is 0 Å². The molecule has 0 aromatic rings. The third-order valence-electron chi connectivity index (χ3n) is 3.39. The Hall–Kier alpha value is -0.520. The van der Waals surface area contributed by atoms with Gasteiger partial charge in [0.25, 0.3) is 0 Å². The molecule has 3 rings (SSSR count). The fraction of sp³-hybridized carbons (Fsp3) is 0.600. The number of hydrogen-bond acceptors (Lipinski definition) is 0. The van der Waals surface area contributed by atoms with Crippen LogP contribution in [0.4, 0.5) is 0 Å². The Morgan fingerprint density at radius 2 is 2.40 bits per heavy atom. The largest absolute Gasteiger partial charge is 0.0836 e. The Morgan fingerprint density at radius 3 is 3.30 bits per heavy atom. The number of rotatable bonds is 0. The van der Waals surface area contributed by atoms with E-state index in [0.29, 0.717) is 0 Å². The van der Waals surface area contributed by atoms with Crippen LogP contribution in [0, 0.1) is 11.8 Å². The first-order valence-corrected chi connectivity index (χ1v) is 4.33. The average Bonchev–Trinajstić information content (AvgIpc) is 2.60. The summed E-state index contributed by atoms with van der Waals surface area (Å²) in [5, 5.41) is 0. The lowest BCUT2D eigenvalue weighted by Crippen LogP contribution is -2.06. The quantitative estimate of drug-likeness (QED) is 0.475. The van der Waals surface area contributed by atoms with Gasteiger partial charge in [-0.1, -0.05) is 17.7 Å². The second-order valence-electron chi connectivity index (χ2n) is 3.81. The third kappa shape index (κ3) is 0.448. The standard InChI is InChI=1S/C10H12/c1-2-9-7-4-5-8(6-7)10(9)3-1/h1-2,8,10H,3-6H2. The molecule has 1 fully saturated rings. The molecule has 0 radical (unpaired) electrons. The van der Waals surface area contributed by atoms with Crippen LogP contribution in [-0.2, 0) is 0 Å². The summed E-state index contributed by atoms with van der Waals surface area (Å²) in [6.45, 7) is 0. The van der Waals surface area contributed by atoms with Crippen molar-refractivity contribution in [2.45, 2.75) is 25.7 Å². The lowest BCUT2D eigenvalue weighted by Gasteiger charge is -2.16. The van der Waals surface area contributed by atoms with E-state index in [1.54, 1.807) is 11.1 Å².